The molecule has 2 rings (SSSR count). The van der Waals surface area contributed by atoms with Crippen LogP contribution in [0, 0.1) is 23.2 Å². The summed E-state index contributed by atoms with van der Waals surface area (Å²) in [7, 11) is 2.71. The second-order valence-electron chi connectivity index (χ2n) is 7.35. The van der Waals surface area contributed by atoms with Crippen molar-refractivity contribution in [2.45, 2.75) is 64.2 Å². The molecule has 0 aliphatic heterocycles. The smallest absolute Gasteiger partial charge is 0.320 e. The van der Waals surface area contributed by atoms with Crippen molar-refractivity contribution in [1.82, 2.24) is 0 Å². The van der Waals surface area contributed by atoms with E-state index in [1.54, 1.807) is 0 Å². The number of carbonyl (C=O) groups excluding carboxylic acids is 2. The van der Waals surface area contributed by atoms with Crippen LogP contribution in [0.2, 0.25) is 0 Å². The lowest BCUT2D eigenvalue weighted by Gasteiger charge is -2.50. The molecule has 2 aliphatic rings. The molecule has 0 aromatic carbocycles. The highest BCUT2D eigenvalue weighted by Crippen LogP contribution is 2.54. The van der Waals surface area contributed by atoms with Gasteiger partial charge in [0.05, 0.1) is 14.2 Å². The highest BCUT2D eigenvalue weighted by Gasteiger charge is 2.55. The zero-order valence-electron chi connectivity index (χ0n) is 15.2. The maximum Gasteiger partial charge on any atom is 0.320 e. The molecule has 0 atom stereocenters. The number of carbonyl (C=O) groups is 2. The fraction of sp³-hybridized carbons (Fsp3) is 0.800. The molecule has 0 N–H and O–H groups in total. The summed E-state index contributed by atoms with van der Waals surface area (Å²) in [6, 6.07) is 0. The molecule has 2 aliphatic carbocycles. The van der Waals surface area contributed by atoms with Crippen molar-refractivity contribution in [2.24, 2.45) is 23.2 Å². The third kappa shape index (κ3) is 3.52. The Morgan fingerprint density at radius 1 is 0.875 bits per heavy atom. The third-order valence-corrected chi connectivity index (χ3v) is 6.35. The van der Waals surface area contributed by atoms with E-state index in [1.807, 2.05) is 6.08 Å². The van der Waals surface area contributed by atoms with Gasteiger partial charge in [0.15, 0.2) is 5.92 Å². The standard InChI is InChI=1S/C20H32O4/c1-4-20(15-11-7-5-8-12-15,16-13-9-6-10-14-16)17(18(21)23-2)19(22)24-3/h4,15-17H,1,5-14H2,2-3H3. The van der Waals surface area contributed by atoms with Crippen molar-refractivity contribution in [3.05, 3.63) is 12.7 Å². The average molecular weight is 336 g/mol. The summed E-state index contributed by atoms with van der Waals surface area (Å²) in [4.78, 5) is 25.3. The van der Waals surface area contributed by atoms with Crippen LogP contribution in [-0.2, 0) is 19.1 Å². The molecule has 0 radical (unpaired) electrons. The second-order valence-corrected chi connectivity index (χ2v) is 7.35. The highest BCUT2D eigenvalue weighted by atomic mass is 16.5. The molecule has 0 aromatic rings. The summed E-state index contributed by atoms with van der Waals surface area (Å²) in [5.41, 5.74) is -0.541. The van der Waals surface area contributed by atoms with E-state index in [2.05, 4.69) is 6.58 Å². The molecule has 0 bridgehead atoms. The normalized spacial score (nSPS) is 20.6. The lowest BCUT2D eigenvalue weighted by molar-refractivity contribution is -0.170. The second kappa shape index (κ2) is 8.68. The number of hydrogen-bond donors (Lipinski definition) is 0. The summed E-state index contributed by atoms with van der Waals surface area (Å²) >= 11 is 0. The van der Waals surface area contributed by atoms with Gasteiger partial charge in [-0.3, -0.25) is 9.59 Å². The third-order valence-electron chi connectivity index (χ3n) is 6.35. The van der Waals surface area contributed by atoms with Gasteiger partial charge in [0.1, 0.15) is 0 Å². The molecule has 0 saturated heterocycles. The van der Waals surface area contributed by atoms with Gasteiger partial charge in [0.2, 0.25) is 0 Å². The van der Waals surface area contributed by atoms with E-state index >= 15 is 0 Å². The zero-order valence-corrected chi connectivity index (χ0v) is 15.2. The van der Waals surface area contributed by atoms with Crippen LogP contribution in [0.4, 0.5) is 0 Å². The van der Waals surface area contributed by atoms with E-state index in [9.17, 15) is 9.59 Å². The van der Waals surface area contributed by atoms with Crippen molar-refractivity contribution in [3.63, 3.8) is 0 Å². The minimum Gasteiger partial charge on any atom is -0.468 e. The van der Waals surface area contributed by atoms with Crippen molar-refractivity contribution in [2.75, 3.05) is 14.2 Å². The van der Waals surface area contributed by atoms with Crippen molar-refractivity contribution in [3.8, 4) is 0 Å². The number of ether oxygens (including phenoxy) is 2. The first kappa shape index (κ1) is 19.0. The summed E-state index contributed by atoms with van der Waals surface area (Å²) < 4.78 is 10.1. The largest absolute Gasteiger partial charge is 0.468 e. The number of methoxy groups -OCH3 is 2. The van der Waals surface area contributed by atoms with E-state index in [0.29, 0.717) is 11.8 Å². The number of esters is 2. The molecular weight excluding hydrogens is 304 g/mol. The van der Waals surface area contributed by atoms with E-state index in [-0.39, 0.29) is 0 Å². The minimum atomic E-state index is -0.892. The van der Waals surface area contributed by atoms with Crippen LogP contribution in [0.1, 0.15) is 64.2 Å². The van der Waals surface area contributed by atoms with Crippen molar-refractivity contribution < 1.29 is 19.1 Å². The van der Waals surface area contributed by atoms with E-state index in [0.717, 1.165) is 51.4 Å². The summed E-state index contributed by atoms with van der Waals surface area (Å²) in [6.07, 6.45) is 13.2. The van der Waals surface area contributed by atoms with Crippen LogP contribution < -0.4 is 0 Å². The van der Waals surface area contributed by atoms with E-state index in [1.165, 1.54) is 27.1 Å². The Bertz CT molecular complexity index is 411. The van der Waals surface area contributed by atoms with Gasteiger partial charge in [-0.05, 0) is 37.5 Å². The molecule has 0 spiro atoms. The van der Waals surface area contributed by atoms with Crippen LogP contribution in [0.3, 0.4) is 0 Å². The Kier molecular flexibility index (Phi) is 6.88. The molecule has 4 nitrogen and oxygen atoms in total. The van der Waals surface area contributed by atoms with Gasteiger partial charge in [-0.2, -0.15) is 0 Å². The maximum atomic E-state index is 12.6. The SMILES string of the molecule is C=CC(C1CCCCC1)(C1CCCCC1)C(C(=O)OC)C(=O)OC. The molecule has 4 heteroatoms. The molecule has 24 heavy (non-hydrogen) atoms. The van der Waals surface area contributed by atoms with Gasteiger partial charge in [0, 0.05) is 5.41 Å². The van der Waals surface area contributed by atoms with Crippen LogP contribution in [0.25, 0.3) is 0 Å². The van der Waals surface area contributed by atoms with E-state index < -0.39 is 23.3 Å². The molecule has 0 unspecified atom stereocenters. The molecule has 0 aromatic heterocycles. The van der Waals surface area contributed by atoms with Gasteiger partial charge in [-0.25, -0.2) is 0 Å². The summed E-state index contributed by atoms with van der Waals surface area (Å²) in [5, 5.41) is 0. The monoisotopic (exact) mass is 336 g/mol. The van der Waals surface area contributed by atoms with Crippen molar-refractivity contribution >= 4 is 11.9 Å². The van der Waals surface area contributed by atoms with Crippen LogP contribution >= 0.6 is 0 Å². The molecule has 136 valence electrons. The fourth-order valence-electron chi connectivity index (χ4n) is 5.20. The quantitative estimate of drug-likeness (QED) is 0.413. The lowest BCUT2D eigenvalue weighted by Crippen LogP contribution is -2.51. The Labute approximate surface area is 146 Å². The lowest BCUT2D eigenvalue weighted by atomic mass is 9.53. The van der Waals surface area contributed by atoms with Crippen LogP contribution in [0.15, 0.2) is 12.7 Å². The average Bonchev–Trinajstić information content (AvgIpc) is 2.66. The Morgan fingerprint density at radius 2 is 1.25 bits per heavy atom. The zero-order chi connectivity index (χ0) is 17.6. The van der Waals surface area contributed by atoms with E-state index in [4.69, 9.17) is 9.47 Å². The van der Waals surface area contributed by atoms with Gasteiger partial charge in [-0.15, -0.1) is 6.58 Å². The molecule has 2 fully saturated rings. The molecule has 0 amide bonds. The first-order valence-electron chi connectivity index (χ1n) is 9.41. The topological polar surface area (TPSA) is 52.6 Å². The predicted molar refractivity (Wildman–Crippen MR) is 93.3 cm³/mol. The molecule has 0 heterocycles. The minimum absolute atomic E-state index is 0.301. The van der Waals surface area contributed by atoms with Crippen molar-refractivity contribution in [1.29, 1.82) is 0 Å². The van der Waals surface area contributed by atoms with Gasteiger partial charge < -0.3 is 9.47 Å². The number of rotatable bonds is 6. The number of hydrogen-bond acceptors (Lipinski definition) is 4. The van der Waals surface area contributed by atoms with Gasteiger partial charge in [0.25, 0.3) is 0 Å². The molecular formula is C20H32O4. The van der Waals surface area contributed by atoms with Gasteiger partial charge >= 0.3 is 11.9 Å². The summed E-state index contributed by atoms with van der Waals surface area (Å²) in [6.45, 7) is 4.12. The Hall–Kier alpha value is -1.32. The predicted octanol–water partition coefficient (Wildman–Crippen LogP) is 4.28. The maximum absolute atomic E-state index is 12.6. The molecule has 2 saturated carbocycles. The Morgan fingerprint density at radius 3 is 1.54 bits per heavy atom. The highest BCUT2D eigenvalue weighted by molar-refractivity contribution is 5.96. The van der Waals surface area contributed by atoms with Crippen LogP contribution in [0.5, 0.6) is 0 Å². The summed E-state index contributed by atoms with van der Waals surface area (Å²) in [5.74, 6) is -1.24. The first-order valence-corrected chi connectivity index (χ1v) is 9.41. The first-order chi connectivity index (χ1) is 11.6. The van der Waals surface area contributed by atoms with Gasteiger partial charge in [-0.1, -0.05) is 44.6 Å². The van der Waals surface area contributed by atoms with Crippen LogP contribution in [-0.4, -0.2) is 26.2 Å². The number of allylic oxidation sites excluding steroid dienone is 1. The Balaban J connectivity index is 2.49. The fourth-order valence-corrected chi connectivity index (χ4v) is 5.20.